The first-order chi connectivity index (χ1) is 9.13. The molecule has 1 saturated heterocycles. The molecule has 1 heterocycles. The average molecular weight is 263 g/mol. The number of benzene rings is 1. The molecule has 0 unspecified atom stereocenters. The third-order valence-corrected chi connectivity index (χ3v) is 3.41. The zero-order valence-corrected chi connectivity index (χ0v) is 11.5. The number of nitrogens with zero attached hydrogens (tertiary/aromatic N) is 2. The first kappa shape index (κ1) is 13.7. The Morgan fingerprint density at radius 3 is 2.47 bits per heavy atom. The van der Waals surface area contributed by atoms with Crippen LogP contribution in [0.5, 0.6) is 5.75 Å². The Bertz CT molecular complexity index is 440. The van der Waals surface area contributed by atoms with Crippen molar-refractivity contribution in [3.63, 3.8) is 0 Å². The minimum atomic E-state index is -0.419. The van der Waals surface area contributed by atoms with Crippen molar-refractivity contribution in [3.8, 4) is 5.75 Å². The number of anilines is 1. The van der Waals surface area contributed by atoms with Crippen molar-refractivity contribution < 1.29 is 9.53 Å². The molecular weight excluding hydrogens is 242 g/mol. The second-order valence-electron chi connectivity index (χ2n) is 4.77. The highest BCUT2D eigenvalue weighted by Gasteiger charge is 2.24. The zero-order valence-electron chi connectivity index (χ0n) is 11.5. The molecule has 1 aromatic rings. The van der Waals surface area contributed by atoms with Gasteiger partial charge in [-0.05, 0) is 19.1 Å². The molecule has 1 aliphatic rings. The monoisotopic (exact) mass is 263 g/mol. The van der Waals surface area contributed by atoms with E-state index < -0.39 is 6.04 Å². The molecule has 1 fully saturated rings. The molecule has 0 bridgehead atoms. The van der Waals surface area contributed by atoms with Crippen LogP contribution in [0.4, 0.5) is 5.69 Å². The van der Waals surface area contributed by atoms with Crippen LogP contribution < -0.4 is 15.4 Å². The standard InChI is InChI=1S/C14H21N3O2/c1-11(15)14(18)17-9-7-16(8-10-17)12-5-3-4-6-13(12)19-2/h3-6,11H,7-10,15H2,1-2H3/t11-/m0/s1. The Hall–Kier alpha value is -1.75. The molecule has 5 nitrogen and oxygen atoms in total. The summed E-state index contributed by atoms with van der Waals surface area (Å²) < 4.78 is 5.37. The van der Waals surface area contributed by atoms with Crippen molar-refractivity contribution in [1.29, 1.82) is 0 Å². The van der Waals surface area contributed by atoms with E-state index in [9.17, 15) is 4.79 Å². The molecular formula is C14H21N3O2. The molecule has 19 heavy (non-hydrogen) atoms. The average Bonchev–Trinajstić information content (AvgIpc) is 2.46. The number of carbonyl (C=O) groups is 1. The van der Waals surface area contributed by atoms with E-state index in [0.29, 0.717) is 13.1 Å². The van der Waals surface area contributed by atoms with E-state index in [4.69, 9.17) is 10.5 Å². The molecule has 2 N–H and O–H groups in total. The Kier molecular flexibility index (Phi) is 4.27. The number of nitrogens with two attached hydrogens (primary N) is 1. The maximum atomic E-state index is 11.8. The van der Waals surface area contributed by atoms with Gasteiger partial charge in [0.1, 0.15) is 5.75 Å². The lowest BCUT2D eigenvalue weighted by atomic mass is 10.2. The first-order valence-corrected chi connectivity index (χ1v) is 6.56. The predicted octanol–water partition coefficient (Wildman–Crippen LogP) is 0.691. The lowest BCUT2D eigenvalue weighted by molar-refractivity contribution is -0.132. The number of para-hydroxylation sites is 2. The lowest BCUT2D eigenvalue weighted by Gasteiger charge is -2.37. The summed E-state index contributed by atoms with van der Waals surface area (Å²) in [5.74, 6) is 0.897. The van der Waals surface area contributed by atoms with E-state index in [-0.39, 0.29) is 5.91 Å². The van der Waals surface area contributed by atoms with Gasteiger partial charge in [0.05, 0.1) is 18.8 Å². The Morgan fingerprint density at radius 1 is 1.26 bits per heavy atom. The highest BCUT2D eigenvalue weighted by Crippen LogP contribution is 2.28. The van der Waals surface area contributed by atoms with Crippen molar-refractivity contribution in [2.75, 3.05) is 38.2 Å². The van der Waals surface area contributed by atoms with Crippen molar-refractivity contribution >= 4 is 11.6 Å². The van der Waals surface area contributed by atoms with E-state index in [2.05, 4.69) is 4.90 Å². The van der Waals surface area contributed by atoms with E-state index >= 15 is 0 Å². The fourth-order valence-electron chi connectivity index (χ4n) is 2.35. The third kappa shape index (κ3) is 2.98. The van der Waals surface area contributed by atoms with Crippen molar-refractivity contribution in [2.24, 2.45) is 5.73 Å². The van der Waals surface area contributed by atoms with Gasteiger partial charge in [0.25, 0.3) is 0 Å². The number of carbonyl (C=O) groups excluding carboxylic acids is 1. The summed E-state index contributed by atoms with van der Waals surface area (Å²) in [6, 6.07) is 7.53. The van der Waals surface area contributed by atoms with Crippen molar-refractivity contribution in [1.82, 2.24) is 4.90 Å². The van der Waals surface area contributed by atoms with Crippen LogP contribution in [0, 0.1) is 0 Å². The largest absolute Gasteiger partial charge is 0.495 e. The van der Waals surface area contributed by atoms with Crippen molar-refractivity contribution in [2.45, 2.75) is 13.0 Å². The zero-order chi connectivity index (χ0) is 13.8. The number of ether oxygens (including phenoxy) is 1. The summed E-state index contributed by atoms with van der Waals surface area (Å²) in [6.45, 7) is 4.75. The molecule has 0 saturated carbocycles. The number of amides is 1. The summed E-state index contributed by atoms with van der Waals surface area (Å²) >= 11 is 0. The molecule has 1 aliphatic heterocycles. The van der Waals surface area contributed by atoms with Gasteiger partial charge in [0.2, 0.25) is 5.91 Å². The Morgan fingerprint density at radius 2 is 1.89 bits per heavy atom. The minimum absolute atomic E-state index is 0.0275. The molecule has 1 aromatic carbocycles. The maximum absolute atomic E-state index is 11.8. The quantitative estimate of drug-likeness (QED) is 0.871. The van der Waals surface area contributed by atoms with Gasteiger partial charge in [-0.15, -0.1) is 0 Å². The number of hydrogen-bond acceptors (Lipinski definition) is 4. The van der Waals surface area contributed by atoms with Crippen LogP contribution in [-0.4, -0.2) is 50.1 Å². The topological polar surface area (TPSA) is 58.8 Å². The van der Waals surface area contributed by atoms with Crippen LogP contribution in [-0.2, 0) is 4.79 Å². The maximum Gasteiger partial charge on any atom is 0.239 e. The molecule has 1 atom stereocenters. The van der Waals surface area contributed by atoms with Crippen LogP contribution in [0.1, 0.15) is 6.92 Å². The molecule has 1 amide bonds. The molecule has 0 radical (unpaired) electrons. The fraction of sp³-hybridized carbons (Fsp3) is 0.500. The Balaban J connectivity index is 2.02. The van der Waals surface area contributed by atoms with Crippen LogP contribution in [0.2, 0.25) is 0 Å². The third-order valence-electron chi connectivity index (χ3n) is 3.41. The van der Waals surface area contributed by atoms with Crippen LogP contribution in [0.3, 0.4) is 0 Å². The van der Waals surface area contributed by atoms with Gasteiger partial charge >= 0.3 is 0 Å². The number of methoxy groups -OCH3 is 1. The predicted molar refractivity (Wildman–Crippen MR) is 75.4 cm³/mol. The van der Waals surface area contributed by atoms with E-state index in [1.165, 1.54) is 0 Å². The van der Waals surface area contributed by atoms with Gasteiger partial charge in [0.15, 0.2) is 0 Å². The number of rotatable bonds is 3. The fourth-order valence-corrected chi connectivity index (χ4v) is 2.35. The van der Waals surface area contributed by atoms with Gasteiger partial charge in [-0.2, -0.15) is 0 Å². The molecule has 0 aliphatic carbocycles. The smallest absolute Gasteiger partial charge is 0.239 e. The second-order valence-corrected chi connectivity index (χ2v) is 4.77. The summed E-state index contributed by atoms with van der Waals surface area (Å²) in [5, 5.41) is 0. The molecule has 5 heteroatoms. The second kappa shape index (κ2) is 5.93. The molecule has 0 spiro atoms. The van der Waals surface area contributed by atoms with Crippen LogP contribution in [0.25, 0.3) is 0 Å². The van der Waals surface area contributed by atoms with Gasteiger partial charge in [-0.1, -0.05) is 12.1 Å². The summed E-state index contributed by atoms with van der Waals surface area (Å²) in [6.07, 6.45) is 0. The van der Waals surface area contributed by atoms with Gasteiger partial charge in [-0.3, -0.25) is 4.79 Å². The normalized spacial score (nSPS) is 17.2. The highest BCUT2D eigenvalue weighted by atomic mass is 16.5. The van der Waals surface area contributed by atoms with Gasteiger partial charge < -0.3 is 20.3 Å². The van der Waals surface area contributed by atoms with Gasteiger partial charge in [0, 0.05) is 26.2 Å². The van der Waals surface area contributed by atoms with Crippen molar-refractivity contribution in [3.05, 3.63) is 24.3 Å². The summed E-state index contributed by atoms with van der Waals surface area (Å²) in [7, 11) is 1.68. The van der Waals surface area contributed by atoms with Crippen LogP contribution >= 0.6 is 0 Å². The van der Waals surface area contributed by atoms with E-state index in [1.54, 1.807) is 14.0 Å². The number of hydrogen-bond donors (Lipinski definition) is 1. The Labute approximate surface area is 113 Å². The van der Waals surface area contributed by atoms with E-state index in [1.807, 2.05) is 29.2 Å². The van der Waals surface area contributed by atoms with Crippen LogP contribution in [0.15, 0.2) is 24.3 Å². The highest BCUT2D eigenvalue weighted by molar-refractivity contribution is 5.81. The number of piperazine rings is 1. The summed E-state index contributed by atoms with van der Waals surface area (Å²) in [4.78, 5) is 15.9. The minimum Gasteiger partial charge on any atom is -0.495 e. The SMILES string of the molecule is COc1ccccc1N1CCN(C(=O)[C@H](C)N)CC1. The lowest BCUT2D eigenvalue weighted by Crippen LogP contribution is -2.52. The molecule has 104 valence electrons. The molecule has 0 aromatic heterocycles. The van der Waals surface area contributed by atoms with E-state index in [0.717, 1.165) is 24.5 Å². The summed E-state index contributed by atoms with van der Waals surface area (Å²) in [5.41, 5.74) is 6.71. The first-order valence-electron chi connectivity index (χ1n) is 6.56. The molecule has 2 rings (SSSR count). The van der Waals surface area contributed by atoms with Gasteiger partial charge in [-0.25, -0.2) is 0 Å².